The summed E-state index contributed by atoms with van der Waals surface area (Å²) in [5.41, 5.74) is 7.64. The van der Waals surface area contributed by atoms with Gasteiger partial charge in [0.25, 0.3) is 0 Å². The van der Waals surface area contributed by atoms with Gasteiger partial charge in [-0.05, 0) is 36.8 Å². The highest BCUT2D eigenvalue weighted by atomic mass is 16.2. The summed E-state index contributed by atoms with van der Waals surface area (Å²) in [6.07, 6.45) is 1.60. The molecule has 3 aromatic rings. The van der Waals surface area contributed by atoms with Crippen LogP contribution >= 0.6 is 0 Å². The number of nitrogens with zero attached hydrogens (tertiary/aromatic N) is 3. The number of nitrogens with two attached hydrogens (primary N) is 1. The van der Waals surface area contributed by atoms with Gasteiger partial charge >= 0.3 is 6.03 Å². The van der Waals surface area contributed by atoms with Crippen LogP contribution in [-0.4, -0.2) is 33.4 Å². The van der Waals surface area contributed by atoms with E-state index in [0.717, 1.165) is 5.56 Å². The highest BCUT2D eigenvalue weighted by molar-refractivity contribution is 5.93. The average Bonchev–Trinajstić information content (AvgIpc) is 2.66. The molecule has 0 radical (unpaired) electrons. The Bertz CT molecular complexity index is 990. The zero-order chi connectivity index (χ0) is 19.2. The summed E-state index contributed by atoms with van der Waals surface area (Å²) in [6.45, 7) is 2.79. The Morgan fingerprint density at radius 1 is 1.11 bits per heavy atom. The minimum Gasteiger partial charge on any atom is -0.366 e. The van der Waals surface area contributed by atoms with E-state index in [0.29, 0.717) is 41.5 Å². The van der Waals surface area contributed by atoms with Crippen LogP contribution in [0.15, 0.2) is 42.6 Å². The van der Waals surface area contributed by atoms with E-state index >= 15 is 0 Å². The van der Waals surface area contributed by atoms with Crippen molar-refractivity contribution in [2.24, 2.45) is 5.73 Å². The minimum absolute atomic E-state index is 0.332. The molecule has 138 valence electrons. The molecule has 0 unspecified atom stereocenters. The second-order valence-electron chi connectivity index (χ2n) is 5.70. The number of hydrogen-bond acceptors (Lipinski definition) is 6. The van der Waals surface area contributed by atoms with Gasteiger partial charge in [-0.25, -0.2) is 19.7 Å². The third-order valence-electron chi connectivity index (χ3n) is 3.67. The number of amides is 3. The molecule has 0 atom stereocenters. The summed E-state index contributed by atoms with van der Waals surface area (Å²) < 4.78 is 0. The van der Waals surface area contributed by atoms with E-state index in [4.69, 9.17) is 5.73 Å². The number of urea groups is 1. The molecular weight excluding hydrogens is 346 g/mol. The lowest BCUT2D eigenvalue weighted by atomic mass is 10.1. The molecular formula is C18H19N7O2. The Hall–Kier alpha value is -3.75. The largest absolute Gasteiger partial charge is 0.366 e. The molecule has 3 rings (SSSR count). The predicted octanol–water partition coefficient (Wildman–Crippen LogP) is 1.88. The Morgan fingerprint density at radius 3 is 2.70 bits per heavy atom. The van der Waals surface area contributed by atoms with Gasteiger partial charge in [0.1, 0.15) is 17.2 Å². The Kier molecular flexibility index (Phi) is 5.41. The third kappa shape index (κ3) is 4.66. The van der Waals surface area contributed by atoms with Gasteiger partial charge in [-0.3, -0.25) is 10.1 Å². The molecule has 5 N–H and O–H groups in total. The maximum absolute atomic E-state index is 11.6. The first kappa shape index (κ1) is 18.1. The average molecular weight is 365 g/mol. The molecule has 0 fully saturated rings. The highest BCUT2D eigenvalue weighted by Crippen LogP contribution is 2.14. The number of pyridine rings is 1. The second-order valence-corrected chi connectivity index (χ2v) is 5.70. The summed E-state index contributed by atoms with van der Waals surface area (Å²) in [4.78, 5) is 35.9. The van der Waals surface area contributed by atoms with E-state index in [1.807, 2.05) is 13.0 Å². The van der Waals surface area contributed by atoms with E-state index in [9.17, 15) is 9.59 Å². The van der Waals surface area contributed by atoms with Crippen LogP contribution in [0, 0.1) is 0 Å². The maximum atomic E-state index is 11.6. The van der Waals surface area contributed by atoms with Crippen molar-refractivity contribution in [2.75, 3.05) is 17.2 Å². The molecule has 0 saturated carbocycles. The molecule has 9 heteroatoms. The monoisotopic (exact) mass is 365 g/mol. The van der Waals surface area contributed by atoms with E-state index in [2.05, 4.69) is 30.9 Å². The van der Waals surface area contributed by atoms with Gasteiger partial charge in [0.05, 0.1) is 6.20 Å². The number of benzene rings is 1. The molecule has 27 heavy (non-hydrogen) atoms. The molecule has 0 saturated heterocycles. The van der Waals surface area contributed by atoms with Crippen LogP contribution in [0.1, 0.15) is 22.8 Å². The topological polar surface area (TPSA) is 135 Å². The Morgan fingerprint density at radius 2 is 1.93 bits per heavy atom. The van der Waals surface area contributed by atoms with Crippen molar-refractivity contribution in [1.82, 2.24) is 20.3 Å². The Balaban J connectivity index is 1.74. The number of fused-ring (bicyclic) bond motifs is 1. The fourth-order valence-electron chi connectivity index (χ4n) is 2.40. The first-order chi connectivity index (χ1) is 13.0. The van der Waals surface area contributed by atoms with Crippen LogP contribution in [0.5, 0.6) is 0 Å². The molecule has 0 aliphatic carbocycles. The van der Waals surface area contributed by atoms with Crippen molar-refractivity contribution in [3.8, 4) is 0 Å². The van der Waals surface area contributed by atoms with Crippen molar-refractivity contribution < 1.29 is 9.59 Å². The molecule has 0 aliphatic heterocycles. The fraction of sp³-hybridized carbons (Fsp3) is 0.167. The lowest BCUT2D eigenvalue weighted by molar-refractivity contribution is 0.1000. The SMILES string of the molecule is CCNC(=O)Nc1ccc2ncc(NCc3cccc(C(N)=O)c3)nc2n1. The molecule has 0 aliphatic rings. The first-order valence-corrected chi connectivity index (χ1v) is 8.36. The summed E-state index contributed by atoms with van der Waals surface area (Å²) in [7, 11) is 0. The van der Waals surface area contributed by atoms with Crippen molar-refractivity contribution in [2.45, 2.75) is 13.5 Å². The molecule has 1 aromatic carbocycles. The minimum atomic E-state index is -0.473. The van der Waals surface area contributed by atoms with Gasteiger partial charge in [0, 0.05) is 18.7 Å². The molecule has 9 nitrogen and oxygen atoms in total. The van der Waals surface area contributed by atoms with Gasteiger partial charge in [0.15, 0.2) is 5.65 Å². The lowest BCUT2D eigenvalue weighted by Crippen LogP contribution is -2.28. The molecule has 2 heterocycles. The highest BCUT2D eigenvalue weighted by Gasteiger charge is 2.06. The third-order valence-corrected chi connectivity index (χ3v) is 3.67. The first-order valence-electron chi connectivity index (χ1n) is 8.36. The molecule has 2 aromatic heterocycles. The predicted molar refractivity (Wildman–Crippen MR) is 102 cm³/mol. The van der Waals surface area contributed by atoms with Gasteiger partial charge < -0.3 is 16.4 Å². The van der Waals surface area contributed by atoms with Crippen molar-refractivity contribution in [3.63, 3.8) is 0 Å². The summed E-state index contributed by atoms with van der Waals surface area (Å²) in [6, 6.07) is 10.1. The van der Waals surface area contributed by atoms with Crippen LogP contribution in [0.4, 0.5) is 16.4 Å². The number of hydrogen-bond donors (Lipinski definition) is 4. The number of anilines is 2. The number of nitrogens with one attached hydrogen (secondary N) is 3. The van der Waals surface area contributed by atoms with Crippen LogP contribution in [0.3, 0.4) is 0 Å². The van der Waals surface area contributed by atoms with Gasteiger partial charge in [-0.15, -0.1) is 0 Å². The zero-order valence-corrected chi connectivity index (χ0v) is 14.7. The number of carbonyl (C=O) groups excluding carboxylic acids is 2. The van der Waals surface area contributed by atoms with Crippen LogP contribution in [-0.2, 0) is 6.54 Å². The zero-order valence-electron chi connectivity index (χ0n) is 14.7. The van der Waals surface area contributed by atoms with Crippen molar-refractivity contribution in [3.05, 3.63) is 53.7 Å². The number of aromatic nitrogens is 3. The molecule has 0 bridgehead atoms. The summed E-state index contributed by atoms with van der Waals surface area (Å²) in [5, 5.41) is 8.40. The normalized spacial score (nSPS) is 10.4. The molecule has 3 amide bonds. The van der Waals surface area contributed by atoms with Crippen LogP contribution < -0.4 is 21.7 Å². The summed E-state index contributed by atoms with van der Waals surface area (Å²) in [5.74, 6) is 0.433. The van der Waals surface area contributed by atoms with E-state index in [1.165, 1.54) is 0 Å². The number of primary amides is 1. The van der Waals surface area contributed by atoms with Crippen molar-refractivity contribution in [1.29, 1.82) is 0 Å². The van der Waals surface area contributed by atoms with Gasteiger partial charge in [-0.1, -0.05) is 12.1 Å². The van der Waals surface area contributed by atoms with Crippen LogP contribution in [0.25, 0.3) is 11.2 Å². The fourth-order valence-corrected chi connectivity index (χ4v) is 2.40. The maximum Gasteiger partial charge on any atom is 0.320 e. The van der Waals surface area contributed by atoms with Crippen LogP contribution in [0.2, 0.25) is 0 Å². The quantitative estimate of drug-likeness (QED) is 0.527. The van der Waals surface area contributed by atoms with Gasteiger partial charge in [-0.2, -0.15) is 0 Å². The summed E-state index contributed by atoms with van der Waals surface area (Å²) >= 11 is 0. The number of carbonyl (C=O) groups is 2. The van der Waals surface area contributed by atoms with Gasteiger partial charge in [0.2, 0.25) is 5.91 Å². The van der Waals surface area contributed by atoms with Crippen molar-refractivity contribution >= 4 is 34.7 Å². The smallest absolute Gasteiger partial charge is 0.320 e. The molecule has 0 spiro atoms. The standard InChI is InChI=1S/C18H19N7O2/c1-2-20-18(27)25-14-7-6-13-17(23-14)24-15(10-21-13)22-9-11-4-3-5-12(8-11)16(19)26/h3-8,10H,2,9H2,1H3,(H2,19,26)(H3,20,22,23,24,25,27). The van der Waals surface area contributed by atoms with E-state index in [-0.39, 0.29) is 6.03 Å². The lowest BCUT2D eigenvalue weighted by Gasteiger charge is -2.08. The number of rotatable bonds is 6. The second kappa shape index (κ2) is 8.09. The van der Waals surface area contributed by atoms with E-state index < -0.39 is 5.91 Å². The Labute approximate surface area is 155 Å². The van der Waals surface area contributed by atoms with E-state index in [1.54, 1.807) is 36.5 Å².